The maximum absolute atomic E-state index is 13.4. The number of hydrogen-bond acceptors (Lipinski definition) is 2. The summed E-state index contributed by atoms with van der Waals surface area (Å²) in [7, 11) is 1.59. The van der Waals surface area contributed by atoms with Crippen LogP contribution >= 0.6 is 0 Å². The van der Waals surface area contributed by atoms with Gasteiger partial charge in [0.15, 0.2) is 0 Å². The highest BCUT2D eigenvalue weighted by Crippen LogP contribution is 2.23. The monoisotopic (exact) mass is 227 g/mol. The van der Waals surface area contributed by atoms with E-state index in [0.29, 0.717) is 0 Å². The highest BCUT2D eigenvalue weighted by molar-refractivity contribution is 5.65. The highest BCUT2D eigenvalue weighted by Gasteiger charge is 2.04. The van der Waals surface area contributed by atoms with Crippen LogP contribution in [-0.4, -0.2) is 7.11 Å². The smallest absolute Gasteiger partial charge is 0.141 e. The Morgan fingerprint density at radius 3 is 2.24 bits per heavy atom. The molecular weight excluding hydrogens is 217 g/mol. The number of hydrogen-bond donors (Lipinski definition) is 0. The van der Waals surface area contributed by atoms with Gasteiger partial charge in [-0.05, 0) is 35.4 Å². The van der Waals surface area contributed by atoms with Gasteiger partial charge in [0.25, 0.3) is 0 Å². The average molecular weight is 227 g/mol. The summed E-state index contributed by atoms with van der Waals surface area (Å²) >= 11 is 0. The van der Waals surface area contributed by atoms with Crippen LogP contribution in [-0.2, 0) is 0 Å². The van der Waals surface area contributed by atoms with E-state index < -0.39 is 5.82 Å². The lowest BCUT2D eigenvalue weighted by Gasteiger charge is -2.04. The summed E-state index contributed by atoms with van der Waals surface area (Å²) in [5.74, 6) is 0.253. The van der Waals surface area contributed by atoms with Crippen LogP contribution < -0.4 is 4.74 Å². The van der Waals surface area contributed by atoms with Gasteiger partial charge in [-0.15, -0.1) is 0 Å². The van der Waals surface area contributed by atoms with Gasteiger partial charge < -0.3 is 4.74 Å². The number of benzene rings is 2. The van der Waals surface area contributed by atoms with Crippen LogP contribution in [0.15, 0.2) is 42.5 Å². The largest absolute Gasteiger partial charge is 0.497 e. The molecule has 0 saturated heterocycles. The lowest BCUT2D eigenvalue weighted by atomic mass is 10.0. The fraction of sp³-hybridized carbons (Fsp3) is 0.0714. The second kappa shape index (κ2) is 4.67. The summed E-state index contributed by atoms with van der Waals surface area (Å²) < 4.78 is 18.5. The van der Waals surface area contributed by atoms with Gasteiger partial charge in [0, 0.05) is 0 Å². The van der Waals surface area contributed by atoms with Gasteiger partial charge in [-0.25, -0.2) is 4.39 Å². The Balaban J connectivity index is 2.40. The highest BCUT2D eigenvalue weighted by atomic mass is 19.1. The second-order valence-corrected chi connectivity index (χ2v) is 3.53. The van der Waals surface area contributed by atoms with Crippen LogP contribution in [0.1, 0.15) is 5.56 Å². The summed E-state index contributed by atoms with van der Waals surface area (Å²) in [6.07, 6.45) is 0. The van der Waals surface area contributed by atoms with E-state index in [4.69, 9.17) is 10.00 Å². The van der Waals surface area contributed by atoms with Crippen LogP contribution in [0.5, 0.6) is 5.75 Å². The van der Waals surface area contributed by atoms with E-state index in [-0.39, 0.29) is 5.56 Å². The molecule has 0 bridgehead atoms. The molecule has 0 amide bonds. The van der Waals surface area contributed by atoms with Gasteiger partial charge in [0.1, 0.15) is 17.6 Å². The van der Waals surface area contributed by atoms with Crippen LogP contribution in [0.3, 0.4) is 0 Å². The third-order valence-electron chi connectivity index (χ3n) is 2.51. The van der Waals surface area contributed by atoms with Crippen molar-refractivity contribution in [3.63, 3.8) is 0 Å². The predicted octanol–water partition coefficient (Wildman–Crippen LogP) is 3.37. The van der Waals surface area contributed by atoms with Crippen molar-refractivity contribution in [2.24, 2.45) is 0 Å². The zero-order valence-corrected chi connectivity index (χ0v) is 9.27. The number of rotatable bonds is 2. The second-order valence-electron chi connectivity index (χ2n) is 3.53. The summed E-state index contributed by atoms with van der Waals surface area (Å²) in [5, 5.41) is 8.64. The van der Waals surface area contributed by atoms with Gasteiger partial charge >= 0.3 is 0 Å². The molecule has 0 aliphatic carbocycles. The zero-order chi connectivity index (χ0) is 12.3. The molecule has 2 rings (SSSR count). The van der Waals surface area contributed by atoms with Crippen LogP contribution in [0.4, 0.5) is 4.39 Å². The molecule has 0 radical (unpaired) electrons. The number of methoxy groups -OCH3 is 1. The molecule has 0 atom stereocenters. The van der Waals surface area contributed by atoms with Gasteiger partial charge in [-0.2, -0.15) is 5.26 Å². The molecule has 0 unspecified atom stereocenters. The maximum atomic E-state index is 13.4. The zero-order valence-electron chi connectivity index (χ0n) is 9.27. The van der Waals surface area contributed by atoms with E-state index >= 15 is 0 Å². The Morgan fingerprint density at radius 2 is 1.71 bits per heavy atom. The van der Waals surface area contributed by atoms with Crippen molar-refractivity contribution in [2.75, 3.05) is 7.11 Å². The third-order valence-corrected chi connectivity index (χ3v) is 2.51. The molecule has 0 aliphatic heterocycles. The van der Waals surface area contributed by atoms with E-state index in [1.807, 2.05) is 24.3 Å². The molecule has 0 heterocycles. The normalized spacial score (nSPS) is 9.71. The molecule has 84 valence electrons. The molecule has 0 aromatic heterocycles. The Kier molecular flexibility index (Phi) is 3.06. The molecule has 2 aromatic carbocycles. The molecule has 0 fully saturated rings. The molecule has 0 aliphatic rings. The predicted molar refractivity (Wildman–Crippen MR) is 63.1 cm³/mol. The molecular formula is C14H10FNO. The fourth-order valence-corrected chi connectivity index (χ4v) is 1.57. The fourth-order valence-electron chi connectivity index (χ4n) is 1.57. The molecule has 0 saturated carbocycles. The summed E-state index contributed by atoms with van der Waals surface area (Å²) in [6, 6.07) is 13.7. The lowest BCUT2D eigenvalue weighted by Crippen LogP contribution is -1.86. The van der Waals surface area contributed by atoms with Gasteiger partial charge in [-0.1, -0.05) is 18.2 Å². The molecule has 0 spiro atoms. The van der Waals surface area contributed by atoms with Crippen LogP contribution in [0.25, 0.3) is 11.1 Å². The molecule has 2 aromatic rings. The summed E-state index contributed by atoms with van der Waals surface area (Å²) in [6.45, 7) is 0. The summed E-state index contributed by atoms with van der Waals surface area (Å²) in [4.78, 5) is 0. The maximum Gasteiger partial charge on any atom is 0.141 e. The first kappa shape index (κ1) is 11.2. The molecule has 3 heteroatoms. The molecule has 0 N–H and O–H groups in total. The first-order valence-corrected chi connectivity index (χ1v) is 5.08. The Hall–Kier alpha value is -2.34. The minimum absolute atomic E-state index is 0.0576. The van der Waals surface area contributed by atoms with Crippen molar-refractivity contribution in [3.05, 3.63) is 53.8 Å². The number of nitrogens with zero attached hydrogens (tertiary/aromatic N) is 1. The van der Waals surface area contributed by atoms with Crippen molar-refractivity contribution >= 4 is 0 Å². The Bertz CT molecular complexity index is 570. The standard InChI is InChI=1S/C14H10FNO/c1-17-13-6-4-10(5-7-13)11-2-3-12(9-16)14(15)8-11/h2-8H,1H3. The average Bonchev–Trinajstić information content (AvgIpc) is 2.39. The van der Waals surface area contributed by atoms with Crippen LogP contribution in [0, 0.1) is 17.1 Å². The van der Waals surface area contributed by atoms with E-state index in [2.05, 4.69) is 0 Å². The van der Waals surface area contributed by atoms with E-state index in [0.717, 1.165) is 16.9 Å². The van der Waals surface area contributed by atoms with Gasteiger partial charge in [0.05, 0.1) is 12.7 Å². The Labute approximate surface area is 98.9 Å². The quantitative estimate of drug-likeness (QED) is 0.788. The van der Waals surface area contributed by atoms with Gasteiger partial charge in [0.2, 0.25) is 0 Å². The van der Waals surface area contributed by atoms with E-state index in [1.54, 1.807) is 19.2 Å². The van der Waals surface area contributed by atoms with Gasteiger partial charge in [-0.3, -0.25) is 0 Å². The van der Waals surface area contributed by atoms with Crippen molar-refractivity contribution < 1.29 is 9.13 Å². The number of nitriles is 1. The molecule has 17 heavy (non-hydrogen) atoms. The first-order valence-electron chi connectivity index (χ1n) is 5.08. The topological polar surface area (TPSA) is 33.0 Å². The van der Waals surface area contributed by atoms with Crippen molar-refractivity contribution in [1.82, 2.24) is 0 Å². The molecule has 2 nitrogen and oxygen atoms in total. The first-order chi connectivity index (χ1) is 8.24. The lowest BCUT2D eigenvalue weighted by molar-refractivity contribution is 0.415. The number of halogens is 1. The number of ether oxygens (including phenoxy) is 1. The van der Waals surface area contributed by atoms with Crippen LogP contribution in [0.2, 0.25) is 0 Å². The summed E-state index contributed by atoms with van der Waals surface area (Å²) in [5.41, 5.74) is 1.68. The Morgan fingerprint density at radius 1 is 1.06 bits per heavy atom. The van der Waals surface area contributed by atoms with Crippen molar-refractivity contribution in [3.8, 4) is 22.9 Å². The van der Waals surface area contributed by atoms with E-state index in [1.165, 1.54) is 12.1 Å². The third kappa shape index (κ3) is 2.26. The van der Waals surface area contributed by atoms with Crippen molar-refractivity contribution in [1.29, 1.82) is 5.26 Å². The minimum Gasteiger partial charge on any atom is -0.497 e. The minimum atomic E-state index is -0.499. The van der Waals surface area contributed by atoms with E-state index in [9.17, 15) is 4.39 Å². The van der Waals surface area contributed by atoms with Crippen molar-refractivity contribution in [2.45, 2.75) is 0 Å². The SMILES string of the molecule is COc1ccc(-c2ccc(C#N)c(F)c2)cc1.